The zero-order valence-corrected chi connectivity index (χ0v) is 11.9. The third kappa shape index (κ3) is 4.23. The molecule has 0 saturated heterocycles. The maximum atomic E-state index is 13.9. The lowest BCUT2D eigenvalue weighted by molar-refractivity contribution is 0.0463. The van der Waals surface area contributed by atoms with Crippen LogP contribution in [0.15, 0.2) is 18.2 Å². The third-order valence-electron chi connectivity index (χ3n) is 2.81. The minimum atomic E-state index is -0.289. The molecule has 2 unspecified atom stereocenters. The van der Waals surface area contributed by atoms with Crippen LogP contribution in [0.2, 0.25) is 5.02 Å². The van der Waals surface area contributed by atoms with Gasteiger partial charge < -0.3 is 10.1 Å². The quantitative estimate of drug-likeness (QED) is 0.812. The first-order valence-corrected chi connectivity index (χ1v) is 6.77. The maximum Gasteiger partial charge on any atom is 0.129 e. The SMILES string of the molecule is CCCNC(c1ccc(Cl)cc1F)C(C)OCC. The molecular formula is C14H21ClFNO. The van der Waals surface area contributed by atoms with Gasteiger partial charge in [-0.1, -0.05) is 24.6 Å². The van der Waals surface area contributed by atoms with Gasteiger partial charge >= 0.3 is 0 Å². The molecule has 0 spiro atoms. The molecule has 0 heterocycles. The molecule has 0 aromatic heterocycles. The smallest absolute Gasteiger partial charge is 0.129 e. The molecule has 18 heavy (non-hydrogen) atoms. The Morgan fingerprint density at radius 3 is 2.67 bits per heavy atom. The van der Waals surface area contributed by atoms with Gasteiger partial charge in [0, 0.05) is 17.2 Å². The summed E-state index contributed by atoms with van der Waals surface area (Å²) in [6.07, 6.45) is 0.905. The molecule has 0 fully saturated rings. The van der Waals surface area contributed by atoms with E-state index >= 15 is 0 Å². The first-order valence-electron chi connectivity index (χ1n) is 6.40. The highest BCUT2D eigenvalue weighted by Crippen LogP contribution is 2.24. The molecule has 0 amide bonds. The fraction of sp³-hybridized carbons (Fsp3) is 0.571. The number of hydrogen-bond donors (Lipinski definition) is 1. The van der Waals surface area contributed by atoms with Gasteiger partial charge in [0.15, 0.2) is 0 Å². The van der Waals surface area contributed by atoms with Gasteiger partial charge in [-0.05, 0) is 38.9 Å². The lowest BCUT2D eigenvalue weighted by Crippen LogP contribution is -2.33. The van der Waals surface area contributed by atoms with Crippen LogP contribution in [0.3, 0.4) is 0 Å². The van der Waals surface area contributed by atoms with Gasteiger partial charge in [0.1, 0.15) is 5.82 Å². The summed E-state index contributed by atoms with van der Waals surface area (Å²) in [4.78, 5) is 0. The van der Waals surface area contributed by atoms with Crippen LogP contribution in [0.4, 0.5) is 4.39 Å². The molecule has 2 nitrogen and oxygen atoms in total. The van der Waals surface area contributed by atoms with Crippen LogP contribution < -0.4 is 5.32 Å². The van der Waals surface area contributed by atoms with E-state index in [1.54, 1.807) is 12.1 Å². The van der Waals surface area contributed by atoms with E-state index in [-0.39, 0.29) is 18.0 Å². The van der Waals surface area contributed by atoms with Gasteiger partial charge in [0.25, 0.3) is 0 Å². The van der Waals surface area contributed by atoms with Crippen molar-refractivity contribution in [1.29, 1.82) is 0 Å². The van der Waals surface area contributed by atoms with Crippen molar-refractivity contribution in [2.75, 3.05) is 13.2 Å². The van der Waals surface area contributed by atoms with Crippen molar-refractivity contribution in [3.8, 4) is 0 Å². The Morgan fingerprint density at radius 2 is 2.11 bits per heavy atom. The molecule has 1 aromatic rings. The Balaban J connectivity index is 2.93. The number of rotatable bonds is 7. The number of ether oxygens (including phenoxy) is 1. The Bertz CT molecular complexity index is 373. The molecule has 1 N–H and O–H groups in total. The highest BCUT2D eigenvalue weighted by atomic mass is 35.5. The van der Waals surface area contributed by atoms with E-state index in [2.05, 4.69) is 12.2 Å². The average Bonchev–Trinajstić information content (AvgIpc) is 2.32. The lowest BCUT2D eigenvalue weighted by Gasteiger charge is -2.26. The van der Waals surface area contributed by atoms with Crippen molar-refractivity contribution in [2.45, 2.75) is 39.3 Å². The molecule has 0 aliphatic rings. The van der Waals surface area contributed by atoms with E-state index in [1.165, 1.54) is 6.07 Å². The monoisotopic (exact) mass is 273 g/mol. The fourth-order valence-electron chi connectivity index (χ4n) is 1.94. The Kier molecular flexibility index (Phi) is 6.61. The highest BCUT2D eigenvalue weighted by Gasteiger charge is 2.22. The summed E-state index contributed by atoms with van der Waals surface area (Å²) in [6, 6.07) is 4.62. The van der Waals surface area contributed by atoms with Gasteiger partial charge in [-0.15, -0.1) is 0 Å². The van der Waals surface area contributed by atoms with E-state index in [9.17, 15) is 4.39 Å². The van der Waals surface area contributed by atoms with Crippen LogP contribution in [0.1, 0.15) is 38.8 Å². The summed E-state index contributed by atoms with van der Waals surface area (Å²) in [5.74, 6) is -0.289. The first-order chi connectivity index (χ1) is 8.60. The number of benzene rings is 1. The van der Waals surface area contributed by atoms with Crippen LogP contribution >= 0.6 is 11.6 Å². The van der Waals surface area contributed by atoms with Gasteiger partial charge in [0.05, 0.1) is 12.1 Å². The Morgan fingerprint density at radius 1 is 1.39 bits per heavy atom. The summed E-state index contributed by atoms with van der Waals surface area (Å²) >= 11 is 5.78. The Hall–Kier alpha value is -0.640. The van der Waals surface area contributed by atoms with Crippen molar-refractivity contribution in [1.82, 2.24) is 5.32 Å². The van der Waals surface area contributed by atoms with Crippen LogP contribution in [-0.4, -0.2) is 19.3 Å². The van der Waals surface area contributed by atoms with E-state index in [1.807, 2.05) is 13.8 Å². The van der Waals surface area contributed by atoms with Gasteiger partial charge in [-0.3, -0.25) is 0 Å². The second kappa shape index (κ2) is 7.72. The first kappa shape index (κ1) is 15.4. The van der Waals surface area contributed by atoms with Crippen LogP contribution in [-0.2, 0) is 4.74 Å². The molecule has 1 rings (SSSR count). The zero-order chi connectivity index (χ0) is 13.5. The summed E-state index contributed by atoms with van der Waals surface area (Å²) < 4.78 is 19.5. The molecular weight excluding hydrogens is 253 g/mol. The zero-order valence-electron chi connectivity index (χ0n) is 11.2. The van der Waals surface area contributed by atoms with Crippen molar-refractivity contribution in [3.63, 3.8) is 0 Å². The standard InChI is InChI=1S/C14H21ClFNO/c1-4-8-17-14(10(3)18-5-2)12-7-6-11(15)9-13(12)16/h6-7,9-10,14,17H,4-5,8H2,1-3H3. The molecule has 0 aliphatic carbocycles. The summed E-state index contributed by atoms with van der Waals surface area (Å²) in [5, 5.41) is 3.73. The second-order valence-corrected chi connectivity index (χ2v) is 4.69. The second-order valence-electron chi connectivity index (χ2n) is 4.26. The minimum absolute atomic E-state index is 0.0859. The number of nitrogens with one attached hydrogen (secondary N) is 1. The summed E-state index contributed by atoms with van der Waals surface area (Å²) in [5.41, 5.74) is 0.605. The topological polar surface area (TPSA) is 21.3 Å². The van der Waals surface area contributed by atoms with Crippen LogP contribution in [0.25, 0.3) is 0 Å². The maximum absolute atomic E-state index is 13.9. The van der Waals surface area contributed by atoms with Crippen LogP contribution in [0, 0.1) is 5.82 Å². The number of hydrogen-bond acceptors (Lipinski definition) is 2. The van der Waals surface area contributed by atoms with Crippen molar-refractivity contribution in [3.05, 3.63) is 34.6 Å². The van der Waals surface area contributed by atoms with E-state index in [4.69, 9.17) is 16.3 Å². The van der Waals surface area contributed by atoms with E-state index < -0.39 is 0 Å². The minimum Gasteiger partial charge on any atom is -0.377 e. The molecule has 102 valence electrons. The van der Waals surface area contributed by atoms with Gasteiger partial charge in [-0.2, -0.15) is 0 Å². The summed E-state index contributed by atoms with van der Waals surface area (Å²) in [6.45, 7) is 7.40. The van der Waals surface area contributed by atoms with Crippen molar-refractivity contribution < 1.29 is 9.13 Å². The predicted molar refractivity (Wildman–Crippen MR) is 73.5 cm³/mol. The molecule has 4 heteroatoms. The average molecular weight is 274 g/mol. The van der Waals surface area contributed by atoms with Gasteiger partial charge in [-0.25, -0.2) is 4.39 Å². The summed E-state index contributed by atoms with van der Waals surface area (Å²) in [7, 11) is 0. The van der Waals surface area contributed by atoms with E-state index in [0.717, 1.165) is 13.0 Å². The van der Waals surface area contributed by atoms with Crippen molar-refractivity contribution >= 4 is 11.6 Å². The van der Waals surface area contributed by atoms with Crippen molar-refractivity contribution in [2.24, 2.45) is 0 Å². The van der Waals surface area contributed by atoms with Gasteiger partial charge in [0.2, 0.25) is 0 Å². The van der Waals surface area contributed by atoms with E-state index in [0.29, 0.717) is 17.2 Å². The number of halogens is 2. The molecule has 0 saturated carbocycles. The fourth-order valence-corrected chi connectivity index (χ4v) is 2.10. The molecule has 2 atom stereocenters. The largest absolute Gasteiger partial charge is 0.377 e. The normalized spacial score (nSPS) is 14.5. The molecule has 1 aromatic carbocycles. The predicted octanol–water partition coefficient (Wildman–Crippen LogP) is 3.94. The lowest BCUT2D eigenvalue weighted by atomic mass is 10.0. The highest BCUT2D eigenvalue weighted by molar-refractivity contribution is 6.30. The Labute approximate surface area is 113 Å². The van der Waals surface area contributed by atoms with Crippen LogP contribution in [0.5, 0.6) is 0 Å². The third-order valence-corrected chi connectivity index (χ3v) is 3.05. The molecule has 0 aliphatic heterocycles. The molecule has 0 radical (unpaired) electrons. The molecule has 0 bridgehead atoms.